The summed E-state index contributed by atoms with van der Waals surface area (Å²) in [4.78, 5) is 2.03. The molecule has 0 aromatic heterocycles. The average Bonchev–Trinajstić information content (AvgIpc) is 2.33. The normalized spacial score (nSPS) is 7.88. The molecule has 0 saturated heterocycles. The highest BCUT2D eigenvalue weighted by molar-refractivity contribution is 7.80. The minimum atomic E-state index is -0.750. The van der Waals surface area contributed by atoms with E-state index >= 15 is 0 Å². The van der Waals surface area contributed by atoms with E-state index in [4.69, 9.17) is 8.42 Å². The smallest absolute Gasteiger partial charge is 0.168 e. The predicted molar refractivity (Wildman–Crippen MR) is 76.3 cm³/mol. The van der Waals surface area contributed by atoms with Crippen molar-refractivity contribution >= 4 is 36.8 Å². The van der Waals surface area contributed by atoms with Gasteiger partial charge in [-0.05, 0) is 24.3 Å². The average molecular weight is 284 g/mol. The lowest BCUT2D eigenvalue weighted by Crippen LogP contribution is -1.56. The van der Waals surface area contributed by atoms with Crippen LogP contribution in [0.15, 0.2) is 70.5 Å². The van der Waals surface area contributed by atoms with Crippen LogP contribution in [0.4, 0.5) is 0 Å². The Balaban J connectivity index is 0.000000247. The first-order chi connectivity index (χ1) is 8.20. The summed E-state index contributed by atoms with van der Waals surface area (Å²) in [5.74, 6) is 0. The molecule has 0 fully saturated rings. The molecular weight excluding hydrogens is 272 g/mol. The van der Waals surface area contributed by atoms with E-state index in [1.54, 1.807) is 0 Å². The fraction of sp³-hybridized carbons (Fsp3) is 0. The molecular formula is C12H12O2S3. The molecule has 2 aromatic carbocycles. The summed E-state index contributed by atoms with van der Waals surface area (Å²) in [7, 11) is 0. The Morgan fingerprint density at radius 2 is 0.882 bits per heavy atom. The zero-order valence-electron chi connectivity index (χ0n) is 8.89. The summed E-state index contributed by atoms with van der Waals surface area (Å²) in [6.45, 7) is 0. The zero-order chi connectivity index (χ0) is 12.9. The third-order valence-corrected chi connectivity index (χ3v) is 2.11. The first-order valence-electron chi connectivity index (χ1n) is 4.60. The highest BCUT2D eigenvalue weighted by atomic mass is 32.1. The molecule has 2 aromatic rings. The molecule has 17 heavy (non-hydrogen) atoms. The molecule has 0 unspecified atom stereocenters. The van der Waals surface area contributed by atoms with E-state index < -0.39 is 11.6 Å². The van der Waals surface area contributed by atoms with E-state index in [2.05, 4.69) is 25.3 Å². The van der Waals surface area contributed by atoms with Crippen LogP contribution in [0.3, 0.4) is 0 Å². The SMILES string of the molecule is O=S=O.Sc1ccccc1.Sc1ccccc1. The first kappa shape index (κ1) is 16.0. The first-order valence-corrected chi connectivity index (χ1v) is 6.16. The number of rotatable bonds is 0. The third kappa shape index (κ3) is 11.2. The largest absolute Gasteiger partial charge is 0.335 e. The Labute approximate surface area is 115 Å². The monoisotopic (exact) mass is 284 g/mol. The molecule has 0 N–H and O–H groups in total. The molecule has 0 heterocycles. The highest BCUT2D eigenvalue weighted by Gasteiger charge is 1.73. The Hall–Kier alpha value is -1.04. The Bertz CT molecular complexity index is 389. The van der Waals surface area contributed by atoms with Crippen LogP contribution in [-0.2, 0) is 11.6 Å². The minimum absolute atomic E-state index is 0.750. The van der Waals surface area contributed by atoms with Gasteiger partial charge in [0.1, 0.15) is 0 Å². The van der Waals surface area contributed by atoms with Gasteiger partial charge in [-0.3, -0.25) is 0 Å². The maximum absolute atomic E-state index is 8.29. The molecule has 0 aliphatic carbocycles. The van der Waals surface area contributed by atoms with Crippen molar-refractivity contribution in [3.05, 3.63) is 60.7 Å². The van der Waals surface area contributed by atoms with Gasteiger partial charge in [0.2, 0.25) is 0 Å². The molecule has 0 radical (unpaired) electrons. The maximum atomic E-state index is 8.29. The summed E-state index contributed by atoms with van der Waals surface area (Å²) in [6, 6.07) is 19.6. The number of benzene rings is 2. The van der Waals surface area contributed by atoms with Crippen LogP contribution in [0.25, 0.3) is 0 Å². The number of hydrogen-bond donors (Lipinski definition) is 2. The van der Waals surface area contributed by atoms with Crippen molar-refractivity contribution in [3.8, 4) is 0 Å². The van der Waals surface area contributed by atoms with Crippen molar-refractivity contribution in [1.82, 2.24) is 0 Å². The second-order valence-corrected chi connectivity index (χ2v) is 3.91. The maximum Gasteiger partial charge on any atom is 0.335 e. The molecule has 0 amide bonds. The Morgan fingerprint density at radius 3 is 1.00 bits per heavy atom. The molecule has 0 aliphatic heterocycles. The highest BCUT2D eigenvalue weighted by Crippen LogP contribution is 2.01. The summed E-state index contributed by atoms with van der Waals surface area (Å²) < 4.78 is 16.6. The summed E-state index contributed by atoms with van der Waals surface area (Å²) in [5, 5.41) is 0. The molecule has 0 saturated carbocycles. The van der Waals surface area contributed by atoms with E-state index in [-0.39, 0.29) is 0 Å². The van der Waals surface area contributed by atoms with Crippen LogP contribution in [0.5, 0.6) is 0 Å². The van der Waals surface area contributed by atoms with Gasteiger partial charge in [-0.2, -0.15) is 8.42 Å². The lowest BCUT2D eigenvalue weighted by molar-refractivity contribution is 0.630. The van der Waals surface area contributed by atoms with Gasteiger partial charge in [0.05, 0.1) is 0 Å². The van der Waals surface area contributed by atoms with E-state index in [0.29, 0.717) is 0 Å². The van der Waals surface area contributed by atoms with Crippen LogP contribution in [-0.4, -0.2) is 8.42 Å². The predicted octanol–water partition coefficient (Wildman–Crippen LogP) is 3.28. The number of thiol groups is 2. The van der Waals surface area contributed by atoms with Crippen molar-refractivity contribution in [2.45, 2.75) is 9.79 Å². The second kappa shape index (κ2) is 11.4. The van der Waals surface area contributed by atoms with Crippen LogP contribution in [0, 0.1) is 0 Å². The van der Waals surface area contributed by atoms with E-state index in [0.717, 1.165) is 9.79 Å². The zero-order valence-corrected chi connectivity index (χ0v) is 11.5. The van der Waals surface area contributed by atoms with Gasteiger partial charge >= 0.3 is 11.6 Å². The van der Waals surface area contributed by atoms with Crippen LogP contribution >= 0.6 is 25.3 Å². The van der Waals surface area contributed by atoms with Gasteiger partial charge in [0.15, 0.2) is 0 Å². The van der Waals surface area contributed by atoms with Gasteiger partial charge < -0.3 is 0 Å². The second-order valence-electron chi connectivity index (χ2n) is 2.74. The Morgan fingerprint density at radius 1 is 0.647 bits per heavy atom. The van der Waals surface area contributed by atoms with Crippen molar-refractivity contribution in [3.63, 3.8) is 0 Å². The topological polar surface area (TPSA) is 34.1 Å². The molecule has 2 nitrogen and oxygen atoms in total. The quantitative estimate of drug-likeness (QED) is 0.728. The molecule has 5 heteroatoms. The molecule has 0 aliphatic rings. The molecule has 90 valence electrons. The molecule has 0 spiro atoms. The van der Waals surface area contributed by atoms with Gasteiger partial charge in [-0.25, -0.2) is 0 Å². The number of hydrogen-bond acceptors (Lipinski definition) is 4. The van der Waals surface area contributed by atoms with Gasteiger partial charge in [0.25, 0.3) is 0 Å². The fourth-order valence-corrected chi connectivity index (χ4v) is 1.20. The lowest BCUT2D eigenvalue weighted by atomic mass is 10.4. The van der Waals surface area contributed by atoms with Crippen molar-refractivity contribution < 1.29 is 8.42 Å². The summed E-state index contributed by atoms with van der Waals surface area (Å²) >= 11 is 7.42. The molecule has 0 bridgehead atoms. The van der Waals surface area contributed by atoms with E-state index in [1.165, 1.54) is 0 Å². The van der Waals surface area contributed by atoms with Crippen molar-refractivity contribution in [1.29, 1.82) is 0 Å². The molecule has 0 atom stereocenters. The van der Waals surface area contributed by atoms with Gasteiger partial charge in [-0.15, -0.1) is 25.3 Å². The van der Waals surface area contributed by atoms with Crippen LogP contribution in [0.1, 0.15) is 0 Å². The summed E-state index contributed by atoms with van der Waals surface area (Å²) in [6.07, 6.45) is 0. The third-order valence-electron chi connectivity index (χ3n) is 1.51. The van der Waals surface area contributed by atoms with Gasteiger partial charge in [0, 0.05) is 9.79 Å². The van der Waals surface area contributed by atoms with Crippen LogP contribution in [0.2, 0.25) is 0 Å². The minimum Gasteiger partial charge on any atom is -0.168 e. The summed E-state index contributed by atoms with van der Waals surface area (Å²) in [5.41, 5.74) is 0. The van der Waals surface area contributed by atoms with E-state index in [9.17, 15) is 0 Å². The lowest BCUT2D eigenvalue weighted by Gasteiger charge is -1.81. The van der Waals surface area contributed by atoms with Crippen molar-refractivity contribution in [2.24, 2.45) is 0 Å². The fourth-order valence-electron chi connectivity index (χ4n) is 0.856. The van der Waals surface area contributed by atoms with Gasteiger partial charge in [-0.1, -0.05) is 36.4 Å². The van der Waals surface area contributed by atoms with E-state index in [1.807, 2.05) is 60.7 Å². The Kier molecular flexibility index (Phi) is 10.7. The van der Waals surface area contributed by atoms with Crippen LogP contribution < -0.4 is 0 Å². The standard InChI is InChI=1S/2C6H6S.O2S/c2*7-6-4-2-1-3-5-6;1-3-2/h2*1-5,7H;. The molecule has 2 rings (SSSR count). The van der Waals surface area contributed by atoms with Crippen molar-refractivity contribution in [2.75, 3.05) is 0 Å².